The molecule has 2 aromatic rings. The predicted octanol–water partition coefficient (Wildman–Crippen LogP) is 4.07. The van der Waals surface area contributed by atoms with Crippen molar-refractivity contribution in [3.8, 4) is 0 Å². The van der Waals surface area contributed by atoms with Crippen molar-refractivity contribution >= 4 is 11.6 Å². The van der Waals surface area contributed by atoms with Crippen LogP contribution in [-0.2, 0) is 12.0 Å². The zero-order chi connectivity index (χ0) is 14.0. The highest BCUT2D eigenvalue weighted by Crippen LogP contribution is 2.29. The Morgan fingerprint density at radius 1 is 1.11 bits per heavy atom. The monoisotopic (exact) mass is 282 g/mol. The number of halogens is 3. The van der Waals surface area contributed by atoms with Crippen LogP contribution in [0.2, 0.25) is 5.02 Å². The highest BCUT2D eigenvalue weighted by molar-refractivity contribution is 6.30. The van der Waals surface area contributed by atoms with Gasteiger partial charge >= 0.3 is 0 Å². The van der Waals surface area contributed by atoms with Crippen LogP contribution in [0.25, 0.3) is 0 Å². The van der Waals surface area contributed by atoms with E-state index in [1.54, 1.807) is 18.2 Å². The van der Waals surface area contributed by atoms with Crippen molar-refractivity contribution in [2.45, 2.75) is 18.9 Å². The van der Waals surface area contributed by atoms with Crippen molar-refractivity contribution in [3.63, 3.8) is 0 Å². The van der Waals surface area contributed by atoms with Crippen LogP contribution in [0.5, 0.6) is 0 Å². The van der Waals surface area contributed by atoms with Gasteiger partial charge in [-0.15, -0.1) is 0 Å². The smallest absolute Gasteiger partial charge is 0.130 e. The molecule has 0 saturated heterocycles. The van der Waals surface area contributed by atoms with E-state index in [9.17, 15) is 13.9 Å². The van der Waals surface area contributed by atoms with E-state index in [2.05, 4.69) is 0 Å². The first kappa shape index (κ1) is 14.0. The van der Waals surface area contributed by atoms with E-state index in [0.29, 0.717) is 5.56 Å². The number of benzene rings is 2. The van der Waals surface area contributed by atoms with E-state index in [0.717, 1.165) is 6.07 Å². The Balaban J connectivity index is 2.35. The molecule has 1 N–H and O–H groups in total. The molecule has 1 nitrogen and oxygen atoms in total. The van der Waals surface area contributed by atoms with Crippen molar-refractivity contribution in [2.24, 2.45) is 0 Å². The van der Waals surface area contributed by atoms with E-state index in [1.807, 2.05) is 0 Å². The van der Waals surface area contributed by atoms with Gasteiger partial charge in [-0.2, -0.15) is 0 Å². The molecule has 19 heavy (non-hydrogen) atoms. The van der Waals surface area contributed by atoms with E-state index in [1.165, 1.54) is 25.1 Å². The lowest BCUT2D eigenvalue weighted by Gasteiger charge is -2.24. The first-order valence-electron chi connectivity index (χ1n) is 5.81. The first-order chi connectivity index (χ1) is 8.90. The molecular weight excluding hydrogens is 270 g/mol. The average molecular weight is 283 g/mol. The number of hydrogen-bond acceptors (Lipinski definition) is 1. The molecule has 4 heteroatoms. The van der Waals surface area contributed by atoms with Gasteiger partial charge in [0.1, 0.15) is 11.6 Å². The summed E-state index contributed by atoms with van der Waals surface area (Å²) >= 11 is 5.67. The summed E-state index contributed by atoms with van der Waals surface area (Å²) in [6.07, 6.45) is -0.0156. The van der Waals surface area contributed by atoms with Crippen molar-refractivity contribution in [2.75, 3.05) is 0 Å². The molecule has 100 valence electrons. The summed E-state index contributed by atoms with van der Waals surface area (Å²) in [7, 11) is 0. The first-order valence-corrected chi connectivity index (χ1v) is 6.19. The Morgan fingerprint density at radius 2 is 1.79 bits per heavy atom. The predicted molar refractivity (Wildman–Crippen MR) is 71.1 cm³/mol. The topological polar surface area (TPSA) is 20.2 Å². The van der Waals surface area contributed by atoms with Gasteiger partial charge in [0.2, 0.25) is 0 Å². The Morgan fingerprint density at radius 3 is 2.42 bits per heavy atom. The van der Waals surface area contributed by atoms with E-state index in [4.69, 9.17) is 11.6 Å². The van der Waals surface area contributed by atoms with Gasteiger partial charge in [0.15, 0.2) is 0 Å². The van der Waals surface area contributed by atoms with Crippen LogP contribution in [0.15, 0.2) is 42.5 Å². The lowest BCUT2D eigenvalue weighted by atomic mass is 9.88. The summed E-state index contributed by atoms with van der Waals surface area (Å²) in [6, 6.07) is 10.2. The molecule has 0 aliphatic heterocycles. The van der Waals surface area contributed by atoms with Gasteiger partial charge in [-0.1, -0.05) is 35.9 Å². The molecule has 0 radical (unpaired) electrons. The molecule has 1 unspecified atom stereocenters. The van der Waals surface area contributed by atoms with Gasteiger partial charge in [-0.25, -0.2) is 8.78 Å². The van der Waals surface area contributed by atoms with Crippen LogP contribution >= 0.6 is 11.6 Å². The fourth-order valence-electron chi connectivity index (χ4n) is 2.03. The second-order valence-corrected chi connectivity index (χ2v) is 5.10. The number of aliphatic hydroxyl groups is 1. The third-order valence-electron chi connectivity index (χ3n) is 3.00. The molecule has 0 amide bonds. The van der Waals surface area contributed by atoms with Crippen LogP contribution < -0.4 is 0 Å². The Labute approximate surface area is 115 Å². The van der Waals surface area contributed by atoms with Crippen molar-refractivity contribution in [1.29, 1.82) is 0 Å². The standard InChI is InChI=1S/C15H13ClF2O/c1-15(19,9-10-4-2-3-5-13(10)17)12-7-6-11(16)8-14(12)18/h2-8,19H,9H2,1H3. The maximum absolute atomic E-state index is 13.8. The van der Waals surface area contributed by atoms with Gasteiger partial charge in [0.05, 0.1) is 5.60 Å². The third kappa shape index (κ3) is 3.11. The summed E-state index contributed by atoms with van der Waals surface area (Å²) in [5.74, 6) is -1.02. The van der Waals surface area contributed by atoms with Gasteiger partial charge < -0.3 is 5.11 Å². The molecule has 2 rings (SSSR count). The van der Waals surface area contributed by atoms with Crippen LogP contribution in [0.4, 0.5) is 8.78 Å². The summed E-state index contributed by atoms with van der Waals surface area (Å²) in [6.45, 7) is 1.45. The van der Waals surface area contributed by atoms with Crippen molar-refractivity contribution < 1.29 is 13.9 Å². The Bertz CT molecular complexity index is 596. The molecule has 0 saturated carbocycles. The van der Waals surface area contributed by atoms with Gasteiger partial charge in [0, 0.05) is 17.0 Å². The average Bonchev–Trinajstić information content (AvgIpc) is 2.31. The normalized spacial score (nSPS) is 14.2. The minimum atomic E-state index is -1.50. The highest BCUT2D eigenvalue weighted by atomic mass is 35.5. The van der Waals surface area contributed by atoms with Crippen molar-refractivity contribution in [3.05, 3.63) is 70.2 Å². The van der Waals surface area contributed by atoms with Gasteiger partial charge in [-0.3, -0.25) is 0 Å². The zero-order valence-corrected chi connectivity index (χ0v) is 11.1. The summed E-state index contributed by atoms with van der Waals surface area (Å²) < 4.78 is 27.4. The molecule has 1 atom stereocenters. The van der Waals surface area contributed by atoms with Gasteiger partial charge in [0.25, 0.3) is 0 Å². The summed E-state index contributed by atoms with van der Waals surface area (Å²) in [5, 5.41) is 10.6. The SMILES string of the molecule is CC(O)(Cc1ccccc1F)c1ccc(Cl)cc1F. The molecule has 0 aliphatic carbocycles. The minimum absolute atomic E-state index is 0.0156. The second kappa shape index (κ2) is 5.27. The lowest BCUT2D eigenvalue weighted by molar-refractivity contribution is 0.0529. The molecule has 0 bridgehead atoms. The molecule has 0 aliphatic rings. The van der Waals surface area contributed by atoms with Crippen molar-refractivity contribution in [1.82, 2.24) is 0 Å². The lowest BCUT2D eigenvalue weighted by Crippen LogP contribution is -2.26. The highest BCUT2D eigenvalue weighted by Gasteiger charge is 2.28. The largest absolute Gasteiger partial charge is 0.385 e. The fraction of sp³-hybridized carbons (Fsp3) is 0.200. The number of hydrogen-bond donors (Lipinski definition) is 1. The molecular formula is C15H13ClF2O. The number of rotatable bonds is 3. The molecule has 0 aromatic heterocycles. The maximum atomic E-state index is 13.8. The second-order valence-electron chi connectivity index (χ2n) is 4.67. The molecule has 0 fully saturated rings. The molecule has 0 heterocycles. The fourth-order valence-corrected chi connectivity index (χ4v) is 2.19. The van der Waals surface area contributed by atoms with E-state index in [-0.39, 0.29) is 17.0 Å². The van der Waals surface area contributed by atoms with E-state index < -0.39 is 17.2 Å². The zero-order valence-electron chi connectivity index (χ0n) is 10.3. The Kier molecular flexibility index (Phi) is 3.88. The Hall–Kier alpha value is -1.45. The van der Waals surface area contributed by atoms with Crippen LogP contribution in [0, 0.1) is 11.6 Å². The third-order valence-corrected chi connectivity index (χ3v) is 3.24. The van der Waals surface area contributed by atoms with Crippen LogP contribution in [0.1, 0.15) is 18.1 Å². The van der Waals surface area contributed by atoms with E-state index >= 15 is 0 Å². The summed E-state index contributed by atoms with van der Waals surface area (Å²) in [5.41, 5.74) is -1.07. The minimum Gasteiger partial charge on any atom is -0.385 e. The summed E-state index contributed by atoms with van der Waals surface area (Å²) in [4.78, 5) is 0. The maximum Gasteiger partial charge on any atom is 0.130 e. The quantitative estimate of drug-likeness (QED) is 0.900. The van der Waals surface area contributed by atoms with Gasteiger partial charge in [-0.05, 0) is 30.7 Å². The van der Waals surface area contributed by atoms with Crippen LogP contribution in [-0.4, -0.2) is 5.11 Å². The molecule has 2 aromatic carbocycles. The van der Waals surface area contributed by atoms with Crippen LogP contribution in [0.3, 0.4) is 0 Å². The molecule has 0 spiro atoms.